The third-order valence-corrected chi connectivity index (χ3v) is 4.20. The molecule has 0 fully saturated rings. The van der Waals surface area contributed by atoms with E-state index in [0.717, 1.165) is 12.8 Å². The van der Waals surface area contributed by atoms with Crippen LogP contribution in [-0.4, -0.2) is 0 Å². The van der Waals surface area contributed by atoms with Crippen molar-refractivity contribution in [2.24, 2.45) is 0 Å². The van der Waals surface area contributed by atoms with Gasteiger partial charge in [-0.3, -0.25) is 0 Å². The lowest BCUT2D eigenvalue weighted by Gasteiger charge is -2.06. The van der Waals surface area contributed by atoms with Crippen molar-refractivity contribution >= 4 is 0 Å². The largest absolute Gasteiger partial charge is 0.103 e. The Labute approximate surface area is 135 Å². The summed E-state index contributed by atoms with van der Waals surface area (Å²) in [4.78, 5) is 0. The Morgan fingerprint density at radius 2 is 1.27 bits per heavy atom. The number of unbranched alkanes of at least 4 members (excludes halogenated alkanes) is 3. The highest BCUT2D eigenvalue weighted by Gasteiger charge is 1.99. The molecule has 116 valence electrons. The molecular formula is C22H28. The minimum atomic E-state index is 1.05. The minimum absolute atomic E-state index is 1.05. The molecule has 0 aliphatic carbocycles. The van der Waals surface area contributed by atoms with E-state index in [-0.39, 0.29) is 0 Å². The SMILES string of the molecule is C=CCCc1ccc(-c2ccc(CCCCCC)cc2)cc1. The first-order valence-corrected chi connectivity index (χ1v) is 8.62. The number of hydrogen-bond donors (Lipinski definition) is 0. The van der Waals surface area contributed by atoms with Crippen LogP contribution in [0.3, 0.4) is 0 Å². The Balaban J connectivity index is 1.93. The number of aryl methyl sites for hydroxylation is 2. The van der Waals surface area contributed by atoms with E-state index in [2.05, 4.69) is 62.0 Å². The average Bonchev–Trinajstić information content (AvgIpc) is 2.58. The highest BCUT2D eigenvalue weighted by atomic mass is 14.0. The summed E-state index contributed by atoms with van der Waals surface area (Å²) in [6.07, 6.45) is 10.6. The molecule has 0 saturated heterocycles. The van der Waals surface area contributed by atoms with E-state index in [1.165, 1.54) is 54.4 Å². The van der Waals surface area contributed by atoms with Gasteiger partial charge in [0.05, 0.1) is 0 Å². The van der Waals surface area contributed by atoms with E-state index in [9.17, 15) is 0 Å². The van der Waals surface area contributed by atoms with Gasteiger partial charge in [0.25, 0.3) is 0 Å². The van der Waals surface area contributed by atoms with Crippen molar-refractivity contribution in [3.63, 3.8) is 0 Å². The molecule has 2 aromatic carbocycles. The van der Waals surface area contributed by atoms with Crippen molar-refractivity contribution < 1.29 is 0 Å². The fourth-order valence-corrected chi connectivity index (χ4v) is 2.75. The van der Waals surface area contributed by atoms with Crippen LogP contribution in [0.1, 0.15) is 50.2 Å². The Kier molecular flexibility index (Phi) is 6.96. The minimum Gasteiger partial charge on any atom is -0.103 e. The molecule has 0 spiro atoms. The smallest absolute Gasteiger partial charge is 0.0184 e. The molecular weight excluding hydrogens is 264 g/mol. The summed E-state index contributed by atoms with van der Waals surface area (Å²) in [6, 6.07) is 18.0. The van der Waals surface area contributed by atoms with E-state index in [1.54, 1.807) is 0 Å². The van der Waals surface area contributed by atoms with Gasteiger partial charge in [0, 0.05) is 0 Å². The van der Waals surface area contributed by atoms with Crippen LogP contribution < -0.4 is 0 Å². The lowest BCUT2D eigenvalue weighted by atomic mass is 9.99. The molecule has 0 saturated carbocycles. The molecule has 0 unspecified atom stereocenters. The van der Waals surface area contributed by atoms with Crippen LogP contribution in [0.4, 0.5) is 0 Å². The maximum atomic E-state index is 3.78. The fourth-order valence-electron chi connectivity index (χ4n) is 2.75. The Bertz CT molecular complexity index is 546. The van der Waals surface area contributed by atoms with Crippen LogP contribution in [0.2, 0.25) is 0 Å². The molecule has 0 aromatic heterocycles. The molecule has 0 nitrogen and oxygen atoms in total. The third-order valence-electron chi connectivity index (χ3n) is 4.20. The van der Waals surface area contributed by atoms with Crippen LogP contribution in [0, 0.1) is 0 Å². The van der Waals surface area contributed by atoms with Crippen molar-refractivity contribution in [2.75, 3.05) is 0 Å². The Morgan fingerprint density at radius 3 is 1.77 bits per heavy atom. The summed E-state index contributed by atoms with van der Waals surface area (Å²) in [5.74, 6) is 0. The molecule has 0 aliphatic heterocycles. The fraction of sp³-hybridized carbons (Fsp3) is 0.364. The second-order valence-electron chi connectivity index (χ2n) is 6.03. The summed E-state index contributed by atoms with van der Waals surface area (Å²) in [5.41, 5.74) is 5.46. The van der Waals surface area contributed by atoms with Crippen LogP contribution in [0.25, 0.3) is 11.1 Å². The van der Waals surface area contributed by atoms with Crippen molar-refractivity contribution in [2.45, 2.75) is 51.9 Å². The molecule has 2 rings (SSSR count). The number of rotatable bonds is 9. The van der Waals surface area contributed by atoms with Gasteiger partial charge in [-0.25, -0.2) is 0 Å². The first-order valence-electron chi connectivity index (χ1n) is 8.62. The maximum Gasteiger partial charge on any atom is -0.0184 e. The zero-order valence-corrected chi connectivity index (χ0v) is 13.9. The molecule has 0 heterocycles. The normalized spacial score (nSPS) is 10.6. The van der Waals surface area contributed by atoms with Crippen molar-refractivity contribution in [1.82, 2.24) is 0 Å². The average molecular weight is 292 g/mol. The van der Waals surface area contributed by atoms with E-state index in [4.69, 9.17) is 0 Å². The summed E-state index contributed by atoms with van der Waals surface area (Å²) in [6.45, 7) is 6.04. The van der Waals surface area contributed by atoms with E-state index >= 15 is 0 Å². The highest BCUT2D eigenvalue weighted by molar-refractivity contribution is 5.63. The van der Waals surface area contributed by atoms with Gasteiger partial charge < -0.3 is 0 Å². The number of benzene rings is 2. The number of hydrogen-bond acceptors (Lipinski definition) is 0. The van der Waals surface area contributed by atoms with Gasteiger partial charge in [0.2, 0.25) is 0 Å². The van der Waals surface area contributed by atoms with Gasteiger partial charge in [-0.15, -0.1) is 6.58 Å². The van der Waals surface area contributed by atoms with Crippen LogP contribution in [0.15, 0.2) is 61.2 Å². The van der Waals surface area contributed by atoms with Gasteiger partial charge >= 0.3 is 0 Å². The predicted octanol–water partition coefficient (Wildman–Crippen LogP) is 6.60. The van der Waals surface area contributed by atoms with E-state index in [0.29, 0.717) is 0 Å². The molecule has 0 radical (unpaired) electrons. The van der Waals surface area contributed by atoms with Gasteiger partial charge in [-0.05, 0) is 47.9 Å². The Hall–Kier alpha value is -1.82. The summed E-state index contributed by atoms with van der Waals surface area (Å²) in [5, 5.41) is 0. The molecule has 0 N–H and O–H groups in total. The topological polar surface area (TPSA) is 0 Å². The van der Waals surface area contributed by atoms with Gasteiger partial charge in [-0.1, -0.05) is 80.8 Å². The lowest BCUT2D eigenvalue weighted by molar-refractivity contribution is 0.667. The molecule has 0 bridgehead atoms. The highest BCUT2D eigenvalue weighted by Crippen LogP contribution is 2.21. The lowest BCUT2D eigenvalue weighted by Crippen LogP contribution is -1.87. The van der Waals surface area contributed by atoms with Crippen LogP contribution >= 0.6 is 0 Å². The monoisotopic (exact) mass is 292 g/mol. The zero-order valence-electron chi connectivity index (χ0n) is 13.9. The summed E-state index contributed by atoms with van der Waals surface area (Å²) >= 11 is 0. The second-order valence-corrected chi connectivity index (χ2v) is 6.03. The van der Waals surface area contributed by atoms with E-state index in [1.807, 2.05) is 6.08 Å². The maximum absolute atomic E-state index is 3.78. The number of allylic oxidation sites excluding steroid dienone is 1. The van der Waals surface area contributed by atoms with E-state index < -0.39 is 0 Å². The zero-order chi connectivity index (χ0) is 15.6. The standard InChI is InChI=1S/C22H28/c1-3-5-7-8-10-20-13-17-22(18-14-20)21-15-11-19(12-16-21)9-6-4-2/h4,11-18H,2-3,5-10H2,1H3. The van der Waals surface area contributed by atoms with Gasteiger partial charge in [0.15, 0.2) is 0 Å². The Morgan fingerprint density at radius 1 is 0.727 bits per heavy atom. The van der Waals surface area contributed by atoms with Crippen LogP contribution in [0.5, 0.6) is 0 Å². The third kappa shape index (κ3) is 5.18. The first kappa shape index (κ1) is 16.5. The molecule has 0 atom stereocenters. The first-order chi connectivity index (χ1) is 10.8. The molecule has 0 aliphatic rings. The van der Waals surface area contributed by atoms with Gasteiger partial charge in [0.1, 0.15) is 0 Å². The predicted molar refractivity (Wildman–Crippen MR) is 98.2 cm³/mol. The second kappa shape index (κ2) is 9.25. The van der Waals surface area contributed by atoms with Crippen molar-refractivity contribution in [1.29, 1.82) is 0 Å². The quantitative estimate of drug-likeness (QED) is 0.361. The molecule has 0 heteroatoms. The van der Waals surface area contributed by atoms with Crippen molar-refractivity contribution in [3.8, 4) is 11.1 Å². The molecule has 0 amide bonds. The summed E-state index contributed by atoms with van der Waals surface area (Å²) < 4.78 is 0. The van der Waals surface area contributed by atoms with Crippen molar-refractivity contribution in [3.05, 3.63) is 72.3 Å². The summed E-state index contributed by atoms with van der Waals surface area (Å²) in [7, 11) is 0. The molecule has 2 aromatic rings. The van der Waals surface area contributed by atoms with Crippen LogP contribution in [-0.2, 0) is 12.8 Å². The van der Waals surface area contributed by atoms with Gasteiger partial charge in [-0.2, -0.15) is 0 Å². The molecule has 22 heavy (non-hydrogen) atoms.